The lowest BCUT2D eigenvalue weighted by Gasteiger charge is -2.16. The molecule has 2 nitrogen and oxygen atoms in total. The normalized spacial score (nSPS) is 12.0. The summed E-state index contributed by atoms with van der Waals surface area (Å²) in [6.07, 6.45) is 0. The minimum atomic E-state index is 0.452. The molecule has 0 aliphatic rings. The average molecular weight is 298 g/mol. The van der Waals surface area contributed by atoms with E-state index in [4.69, 9.17) is 4.98 Å². The lowest BCUT2D eigenvalue weighted by atomic mass is 9.95. The molecule has 0 saturated carbocycles. The summed E-state index contributed by atoms with van der Waals surface area (Å²) in [6, 6.07) is 8.88. The first-order chi connectivity index (χ1) is 10.4. The molecule has 2 rings (SSSR count). The van der Waals surface area contributed by atoms with Crippen LogP contribution >= 0.6 is 0 Å². The Labute approximate surface area is 135 Å². The van der Waals surface area contributed by atoms with Crippen LogP contribution in [0.1, 0.15) is 70.2 Å². The maximum Gasteiger partial charge on any atom is 0.0743 e. The third kappa shape index (κ3) is 3.86. The second kappa shape index (κ2) is 7.23. The van der Waals surface area contributed by atoms with Crippen LogP contribution in [0.5, 0.6) is 0 Å². The molecule has 0 bridgehead atoms. The molecule has 1 aromatic carbocycles. The van der Waals surface area contributed by atoms with E-state index in [1.165, 1.54) is 27.7 Å². The number of para-hydroxylation sites is 1. The molecular weight excluding hydrogens is 268 g/mol. The minimum Gasteiger partial charge on any atom is -0.312 e. The Morgan fingerprint density at radius 2 is 1.73 bits per heavy atom. The highest BCUT2D eigenvalue weighted by atomic mass is 14.9. The molecule has 120 valence electrons. The zero-order chi connectivity index (χ0) is 16.3. The number of rotatable bonds is 6. The van der Waals surface area contributed by atoms with Gasteiger partial charge >= 0.3 is 0 Å². The van der Waals surface area contributed by atoms with Gasteiger partial charge in [0.25, 0.3) is 0 Å². The van der Waals surface area contributed by atoms with E-state index in [9.17, 15) is 0 Å². The maximum atomic E-state index is 4.97. The summed E-state index contributed by atoms with van der Waals surface area (Å²) < 4.78 is 0. The summed E-state index contributed by atoms with van der Waals surface area (Å²) in [5.41, 5.74) is 5.11. The Morgan fingerprint density at radius 1 is 1.00 bits per heavy atom. The third-order valence-electron chi connectivity index (χ3n) is 4.06. The van der Waals surface area contributed by atoms with Gasteiger partial charge in [-0.05, 0) is 41.5 Å². The summed E-state index contributed by atoms with van der Waals surface area (Å²) in [7, 11) is 0. The van der Waals surface area contributed by atoms with Crippen molar-refractivity contribution in [2.75, 3.05) is 6.54 Å². The highest BCUT2D eigenvalue weighted by molar-refractivity contribution is 5.85. The third-order valence-corrected chi connectivity index (χ3v) is 4.06. The average Bonchev–Trinajstić information content (AvgIpc) is 2.45. The topological polar surface area (TPSA) is 24.9 Å². The van der Waals surface area contributed by atoms with Gasteiger partial charge < -0.3 is 5.32 Å². The number of aromatic nitrogens is 1. The molecule has 1 N–H and O–H groups in total. The molecule has 0 aliphatic heterocycles. The molecule has 0 atom stereocenters. The number of fused-ring (bicyclic) bond motifs is 1. The highest BCUT2D eigenvalue weighted by Crippen LogP contribution is 2.28. The molecule has 2 aromatic rings. The van der Waals surface area contributed by atoms with Crippen molar-refractivity contribution in [2.24, 2.45) is 5.92 Å². The van der Waals surface area contributed by atoms with E-state index in [2.05, 4.69) is 71.1 Å². The van der Waals surface area contributed by atoms with Crippen LogP contribution in [0.2, 0.25) is 0 Å². The van der Waals surface area contributed by atoms with Crippen LogP contribution < -0.4 is 5.32 Å². The van der Waals surface area contributed by atoms with Crippen molar-refractivity contribution < 1.29 is 0 Å². The van der Waals surface area contributed by atoms with Gasteiger partial charge in [-0.1, -0.05) is 59.7 Å². The van der Waals surface area contributed by atoms with Gasteiger partial charge in [-0.2, -0.15) is 0 Å². The summed E-state index contributed by atoms with van der Waals surface area (Å²) in [6.45, 7) is 15.4. The van der Waals surface area contributed by atoms with Crippen molar-refractivity contribution >= 4 is 10.9 Å². The lowest BCUT2D eigenvalue weighted by Crippen LogP contribution is -2.19. The van der Waals surface area contributed by atoms with E-state index in [-0.39, 0.29) is 0 Å². The summed E-state index contributed by atoms with van der Waals surface area (Å²) in [5, 5.41) is 4.88. The van der Waals surface area contributed by atoms with Gasteiger partial charge in [0, 0.05) is 17.6 Å². The van der Waals surface area contributed by atoms with Crippen LogP contribution in [0.25, 0.3) is 10.9 Å². The van der Waals surface area contributed by atoms with Crippen LogP contribution in [0, 0.1) is 5.92 Å². The predicted octanol–water partition coefficient (Wildman–Crippen LogP) is 5.23. The summed E-state index contributed by atoms with van der Waals surface area (Å²) >= 11 is 0. The van der Waals surface area contributed by atoms with E-state index >= 15 is 0 Å². The van der Waals surface area contributed by atoms with Crippen LogP contribution in [0.4, 0.5) is 0 Å². The van der Waals surface area contributed by atoms with Crippen molar-refractivity contribution in [3.05, 3.63) is 41.1 Å². The van der Waals surface area contributed by atoms with Gasteiger partial charge in [0.1, 0.15) is 0 Å². The number of nitrogens with one attached hydrogen (secondary N) is 1. The Balaban J connectivity index is 2.50. The highest BCUT2D eigenvalue weighted by Gasteiger charge is 2.13. The van der Waals surface area contributed by atoms with Gasteiger partial charge in [-0.15, -0.1) is 0 Å². The maximum absolute atomic E-state index is 4.97. The zero-order valence-electron chi connectivity index (χ0n) is 14.9. The monoisotopic (exact) mass is 298 g/mol. The minimum absolute atomic E-state index is 0.452. The van der Waals surface area contributed by atoms with E-state index in [0.717, 1.165) is 13.1 Å². The molecule has 0 spiro atoms. The van der Waals surface area contributed by atoms with Gasteiger partial charge in [0.15, 0.2) is 0 Å². The van der Waals surface area contributed by atoms with Crippen LogP contribution in [-0.4, -0.2) is 11.5 Å². The van der Waals surface area contributed by atoms with E-state index in [1.807, 2.05) is 0 Å². The second-order valence-corrected chi connectivity index (χ2v) is 7.28. The first-order valence-electron chi connectivity index (χ1n) is 8.53. The van der Waals surface area contributed by atoms with Crippen molar-refractivity contribution in [3.8, 4) is 0 Å². The number of nitrogens with zero attached hydrogens (tertiary/aromatic N) is 1. The molecule has 0 saturated heterocycles. The predicted molar refractivity (Wildman–Crippen MR) is 96.5 cm³/mol. The van der Waals surface area contributed by atoms with Crippen molar-refractivity contribution in [2.45, 2.75) is 59.9 Å². The molecule has 22 heavy (non-hydrogen) atoms. The Hall–Kier alpha value is -1.41. The SMILES string of the molecule is CC(C)CNCc1cc(C(C)C)nc2c(C(C)C)cccc12. The largest absolute Gasteiger partial charge is 0.312 e. The molecule has 0 fully saturated rings. The Morgan fingerprint density at radius 3 is 2.32 bits per heavy atom. The number of pyridine rings is 1. The summed E-state index contributed by atoms with van der Waals surface area (Å²) in [5.74, 6) is 1.62. The molecule has 0 unspecified atom stereocenters. The molecule has 2 heteroatoms. The van der Waals surface area contributed by atoms with E-state index < -0.39 is 0 Å². The number of hydrogen-bond acceptors (Lipinski definition) is 2. The van der Waals surface area contributed by atoms with Gasteiger partial charge in [-0.3, -0.25) is 4.98 Å². The Kier molecular flexibility index (Phi) is 5.57. The standard InChI is InChI=1S/C20H30N2/c1-13(2)11-21-12-16-10-19(15(5)6)22-20-17(14(3)4)8-7-9-18(16)20/h7-10,13-15,21H,11-12H2,1-6H3. The molecule has 1 aromatic heterocycles. The molecule has 0 aliphatic carbocycles. The number of benzene rings is 1. The first-order valence-corrected chi connectivity index (χ1v) is 8.53. The zero-order valence-corrected chi connectivity index (χ0v) is 14.9. The smallest absolute Gasteiger partial charge is 0.0743 e. The second-order valence-electron chi connectivity index (χ2n) is 7.28. The lowest BCUT2D eigenvalue weighted by molar-refractivity contribution is 0.553. The van der Waals surface area contributed by atoms with Crippen molar-refractivity contribution in [3.63, 3.8) is 0 Å². The fourth-order valence-electron chi connectivity index (χ4n) is 2.77. The fraction of sp³-hybridized carbons (Fsp3) is 0.550. The van der Waals surface area contributed by atoms with Crippen molar-refractivity contribution in [1.82, 2.24) is 10.3 Å². The Bertz CT molecular complexity index is 627. The van der Waals surface area contributed by atoms with Crippen LogP contribution in [-0.2, 0) is 6.54 Å². The van der Waals surface area contributed by atoms with E-state index in [1.54, 1.807) is 0 Å². The van der Waals surface area contributed by atoms with Gasteiger partial charge in [0.05, 0.1) is 5.52 Å². The van der Waals surface area contributed by atoms with Crippen LogP contribution in [0.15, 0.2) is 24.3 Å². The molecular formula is C20H30N2. The fourth-order valence-corrected chi connectivity index (χ4v) is 2.77. The van der Waals surface area contributed by atoms with Crippen LogP contribution in [0.3, 0.4) is 0 Å². The quantitative estimate of drug-likeness (QED) is 0.790. The molecule has 0 amide bonds. The molecule has 1 heterocycles. The van der Waals surface area contributed by atoms with Crippen molar-refractivity contribution in [1.29, 1.82) is 0 Å². The molecule has 0 radical (unpaired) electrons. The van der Waals surface area contributed by atoms with E-state index in [0.29, 0.717) is 17.8 Å². The van der Waals surface area contributed by atoms with Gasteiger partial charge in [0.2, 0.25) is 0 Å². The number of hydrogen-bond donors (Lipinski definition) is 1. The first kappa shape index (κ1) is 17.0. The van der Waals surface area contributed by atoms with Gasteiger partial charge in [-0.25, -0.2) is 0 Å². The summed E-state index contributed by atoms with van der Waals surface area (Å²) in [4.78, 5) is 4.97.